The third-order valence-electron chi connectivity index (χ3n) is 1.44. The van der Waals surface area contributed by atoms with Gasteiger partial charge in [-0.3, -0.25) is 0 Å². The van der Waals surface area contributed by atoms with Crippen LogP contribution in [0.1, 0.15) is 12.5 Å². The van der Waals surface area contributed by atoms with Gasteiger partial charge in [0.2, 0.25) is 0 Å². The molecule has 0 saturated carbocycles. The average Bonchev–Trinajstić information content (AvgIpc) is 2.16. The average molecular weight is 162 g/mol. The molecule has 0 aliphatic carbocycles. The van der Waals surface area contributed by atoms with Crippen LogP contribution >= 0.6 is 0 Å². The fourth-order valence-electron chi connectivity index (χ4n) is 0.795. The van der Waals surface area contributed by atoms with Crippen LogP contribution in [0.25, 0.3) is 0 Å². The largest absolute Gasteiger partial charge is 0.482 e. The lowest BCUT2D eigenvalue weighted by atomic mass is 10.2. The van der Waals surface area contributed by atoms with Crippen LogP contribution in [0.2, 0.25) is 0 Å². The molecule has 0 aliphatic heterocycles. The topological polar surface area (TPSA) is 26.3 Å². The third kappa shape index (κ3) is 2.60. The summed E-state index contributed by atoms with van der Waals surface area (Å²) in [6.45, 7) is 2.03. The maximum absolute atomic E-state index is 10.0. The molecule has 0 saturated heterocycles. The zero-order valence-corrected chi connectivity index (χ0v) is 6.91. The first-order valence-electron chi connectivity index (χ1n) is 3.71. The molecular formula is C10H10O2. The van der Waals surface area contributed by atoms with Gasteiger partial charge in [-0.25, -0.2) is 4.79 Å². The van der Waals surface area contributed by atoms with Gasteiger partial charge < -0.3 is 4.74 Å². The predicted molar refractivity (Wildman–Crippen MR) is 46.1 cm³/mol. The predicted octanol–water partition coefficient (Wildman–Crippen LogP) is 1.94. The van der Waals surface area contributed by atoms with E-state index in [4.69, 9.17) is 4.74 Å². The maximum Gasteiger partial charge on any atom is 0.176 e. The SMILES string of the molecule is CC(=C=O)OCc1ccccc1. The van der Waals surface area contributed by atoms with Crippen LogP contribution < -0.4 is 0 Å². The first-order valence-corrected chi connectivity index (χ1v) is 3.71. The normalized spacial score (nSPS) is 8.75. The van der Waals surface area contributed by atoms with Crippen LogP contribution in [0.4, 0.5) is 0 Å². The van der Waals surface area contributed by atoms with Crippen molar-refractivity contribution in [1.29, 1.82) is 0 Å². The first kappa shape index (κ1) is 8.57. The van der Waals surface area contributed by atoms with E-state index in [-0.39, 0.29) is 0 Å². The van der Waals surface area contributed by atoms with Crippen LogP contribution in [0, 0.1) is 0 Å². The van der Waals surface area contributed by atoms with Gasteiger partial charge in [-0.2, -0.15) is 0 Å². The molecule has 1 aromatic rings. The number of benzene rings is 1. The zero-order chi connectivity index (χ0) is 8.81. The Kier molecular flexibility index (Phi) is 3.12. The molecule has 2 nitrogen and oxygen atoms in total. The van der Waals surface area contributed by atoms with E-state index in [1.807, 2.05) is 30.3 Å². The summed E-state index contributed by atoms with van der Waals surface area (Å²) in [5.74, 6) is 1.97. The van der Waals surface area contributed by atoms with E-state index in [9.17, 15) is 4.79 Å². The van der Waals surface area contributed by atoms with E-state index in [1.165, 1.54) is 0 Å². The summed E-state index contributed by atoms with van der Waals surface area (Å²) in [5, 5.41) is 0. The fraction of sp³-hybridized carbons (Fsp3) is 0.200. The van der Waals surface area contributed by atoms with Gasteiger partial charge in [0, 0.05) is 6.92 Å². The van der Waals surface area contributed by atoms with Crippen LogP contribution in [-0.2, 0) is 16.1 Å². The van der Waals surface area contributed by atoms with Gasteiger partial charge in [0.05, 0.1) is 0 Å². The van der Waals surface area contributed by atoms with Crippen LogP contribution in [0.5, 0.6) is 0 Å². The highest BCUT2D eigenvalue weighted by molar-refractivity contribution is 5.48. The number of allylic oxidation sites excluding steroid dienone is 1. The maximum atomic E-state index is 10.0. The number of hydrogen-bond donors (Lipinski definition) is 0. The molecule has 1 rings (SSSR count). The molecule has 1 aromatic carbocycles. The molecule has 0 atom stereocenters. The van der Waals surface area contributed by atoms with Crippen molar-refractivity contribution < 1.29 is 9.53 Å². The highest BCUT2D eigenvalue weighted by atomic mass is 16.5. The second-order valence-corrected chi connectivity index (χ2v) is 2.43. The number of ether oxygens (including phenoxy) is 1. The van der Waals surface area contributed by atoms with Gasteiger partial charge in [0.15, 0.2) is 11.7 Å². The van der Waals surface area contributed by atoms with E-state index in [2.05, 4.69) is 0 Å². The molecule has 0 bridgehead atoms. The highest BCUT2D eigenvalue weighted by Gasteiger charge is 1.92. The van der Waals surface area contributed by atoms with E-state index in [0.29, 0.717) is 12.4 Å². The molecule has 12 heavy (non-hydrogen) atoms. The van der Waals surface area contributed by atoms with E-state index >= 15 is 0 Å². The highest BCUT2D eigenvalue weighted by Crippen LogP contribution is 2.02. The molecule has 0 aromatic heterocycles. The van der Waals surface area contributed by atoms with Crippen molar-refractivity contribution in [3.63, 3.8) is 0 Å². The molecule has 2 heteroatoms. The van der Waals surface area contributed by atoms with Gasteiger partial charge in [0.1, 0.15) is 6.61 Å². The number of carbonyl (C=O) groups excluding carboxylic acids is 1. The Balaban J connectivity index is 2.49. The summed E-state index contributed by atoms with van der Waals surface area (Å²) in [4.78, 5) is 10.0. The second kappa shape index (κ2) is 4.37. The lowest BCUT2D eigenvalue weighted by Crippen LogP contribution is -1.90. The molecule has 0 fully saturated rings. The molecule has 0 unspecified atom stereocenters. The van der Waals surface area contributed by atoms with E-state index in [0.717, 1.165) is 5.56 Å². The minimum absolute atomic E-state index is 0.291. The number of hydrogen-bond acceptors (Lipinski definition) is 2. The number of rotatable bonds is 3. The monoisotopic (exact) mass is 162 g/mol. The van der Waals surface area contributed by atoms with Crippen LogP contribution in [0.15, 0.2) is 36.1 Å². The summed E-state index contributed by atoms with van der Waals surface area (Å²) in [6.07, 6.45) is 0. The van der Waals surface area contributed by atoms with E-state index in [1.54, 1.807) is 12.9 Å². The smallest absolute Gasteiger partial charge is 0.176 e. The quantitative estimate of drug-likeness (QED) is 0.501. The molecule has 0 spiro atoms. The van der Waals surface area contributed by atoms with Crippen LogP contribution in [0.3, 0.4) is 0 Å². The Bertz CT molecular complexity index is 284. The Morgan fingerprint density at radius 1 is 1.42 bits per heavy atom. The molecule has 0 amide bonds. The summed E-state index contributed by atoms with van der Waals surface area (Å²) in [5.41, 5.74) is 1.05. The minimum Gasteiger partial charge on any atom is -0.482 e. The third-order valence-corrected chi connectivity index (χ3v) is 1.44. The minimum atomic E-state index is 0.291. The molecule has 62 valence electrons. The van der Waals surface area contributed by atoms with Crippen molar-refractivity contribution in [2.75, 3.05) is 0 Å². The molecule has 0 radical (unpaired) electrons. The van der Waals surface area contributed by atoms with Gasteiger partial charge >= 0.3 is 0 Å². The van der Waals surface area contributed by atoms with E-state index < -0.39 is 0 Å². The zero-order valence-electron chi connectivity index (χ0n) is 6.91. The van der Waals surface area contributed by atoms with Gasteiger partial charge in [-0.1, -0.05) is 30.3 Å². The Hall–Kier alpha value is -1.53. The lowest BCUT2D eigenvalue weighted by molar-refractivity contribution is 0.204. The summed E-state index contributed by atoms with van der Waals surface area (Å²) < 4.78 is 5.07. The standard InChI is InChI=1S/C10H10O2/c1-9(7-11)12-8-10-5-3-2-4-6-10/h2-6H,8H2,1H3. The lowest BCUT2D eigenvalue weighted by Gasteiger charge is -2.01. The molecule has 0 heterocycles. The second-order valence-electron chi connectivity index (χ2n) is 2.43. The molecule has 0 aliphatic rings. The van der Waals surface area contributed by atoms with Crippen molar-refractivity contribution in [2.45, 2.75) is 13.5 Å². The Morgan fingerprint density at radius 3 is 2.67 bits per heavy atom. The molecule has 0 N–H and O–H groups in total. The fourth-order valence-corrected chi connectivity index (χ4v) is 0.795. The van der Waals surface area contributed by atoms with Crippen LogP contribution in [-0.4, -0.2) is 5.94 Å². The van der Waals surface area contributed by atoms with Crippen molar-refractivity contribution in [3.8, 4) is 0 Å². The van der Waals surface area contributed by atoms with Crippen molar-refractivity contribution in [2.24, 2.45) is 0 Å². The summed E-state index contributed by atoms with van der Waals surface area (Å²) in [6, 6.07) is 9.68. The van der Waals surface area contributed by atoms with Crippen molar-refractivity contribution >= 4 is 5.94 Å². The van der Waals surface area contributed by atoms with Crippen molar-refractivity contribution in [1.82, 2.24) is 0 Å². The summed E-state index contributed by atoms with van der Waals surface area (Å²) >= 11 is 0. The van der Waals surface area contributed by atoms with Gasteiger partial charge in [-0.05, 0) is 5.56 Å². The van der Waals surface area contributed by atoms with Gasteiger partial charge in [0.25, 0.3) is 0 Å². The first-order chi connectivity index (χ1) is 5.83. The summed E-state index contributed by atoms with van der Waals surface area (Å²) in [7, 11) is 0. The van der Waals surface area contributed by atoms with Crippen molar-refractivity contribution in [3.05, 3.63) is 41.7 Å². The molecular weight excluding hydrogens is 152 g/mol. The van der Waals surface area contributed by atoms with Gasteiger partial charge in [-0.15, -0.1) is 0 Å². The Morgan fingerprint density at radius 2 is 2.08 bits per heavy atom. The Labute approximate surface area is 71.5 Å².